The van der Waals surface area contributed by atoms with Gasteiger partial charge in [-0.1, -0.05) is 0 Å². The summed E-state index contributed by atoms with van der Waals surface area (Å²) in [5.41, 5.74) is 2.63. The maximum atomic E-state index is 14.1. The van der Waals surface area contributed by atoms with Crippen molar-refractivity contribution in [3.8, 4) is 11.1 Å². The molecule has 3 aromatic heterocycles. The fraction of sp³-hybridized carbons (Fsp3) is 0.250. The van der Waals surface area contributed by atoms with Crippen molar-refractivity contribution < 1.29 is 13.5 Å². The second kappa shape index (κ2) is 6.93. The van der Waals surface area contributed by atoms with Crippen LogP contribution in [0.2, 0.25) is 0 Å². The molecule has 1 saturated heterocycles. The summed E-state index contributed by atoms with van der Waals surface area (Å²) in [4.78, 5) is 4.63. The summed E-state index contributed by atoms with van der Waals surface area (Å²) in [6, 6.07) is 4.95. The fourth-order valence-electron chi connectivity index (χ4n) is 3.35. The lowest BCUT2D eigenvalue weighted by molar-refractivity contribution is -0.0286. The minimum atomic E-state index is -0.481. The summed E-state index contributed by atoms with van der Waals surface area (Å²) < 4.78 is 36.3. The van der Waals surface area contributed by atoms with Gasteiger partial charge in [0, 0.05) is 29.1 Å². The standard InChI is InChI=1S/C20H18F2N6O/c1-12(16-6-14(21)2-3-18(16)22)25-19-4-5-27-20(26-19)17(8-24-27)13-7-23-28(9-13)15-10-29-11-15/h2-9,12,15H,10-11H2,1H3,(H,25,26)/t12-/m1/s1. The van der Waals surface area contributed by atoms with E-state index in [1.54, 1.807) is 36.1 Å². The van der Waals surface area contributed by atoms with Gasteiger partial charge in [-0.15, -0.1) is 0 Å². The van der Waals surface area contributed by atoms with E-state index in [4.69, 9.17) is 4.74 Å². The first-order valence-electron chi connectivity index (χ1n) is 9.26. The van der Waals surface area contributed by atoms with Crippen LogP contribution in [-0.4, -0.2) is 37.6 Å². The number of rotatable bonds is 5. The Morgan fingerprint density at radius 1 is 1.17 bits per heavy atom. The van der Waals surface area contributed by atoms with Crippen LogP contribution in [0, 0.1) is 11.6 Å². The van der Waals surface area contributed by atoms with Crippen LogP contribution in [0.5, 0.6) is 0 Å². The third-order valence-electron chi connectivity index (χ3n) is 5.07. The predicted octanol–water partition coefficient (Wildman–Crippen LogP) is 3.62. The van der Waals surface area contributed by atoms with E-state index in [1.165, 1.54) is 6.07 Å². The number of anilines is 1. The average molecular weight is 396 g/mol. The molecule has 29 heavy (non-hydrogen) atoms. The summed E-state index contributed by atoms with van der Waals surface area (Å²) in [6.45, 7) is 3.08. The molecule has 4 aromatic rings. The van der Waals surface area contributed by atoms with Crippen LogP contribution >= 0.6 is 0 Å². The highest BCUT2D eigenvalue weighted by molar-refractivity contribution is 5.76. The quantitative estimate of drug-likeness (QED) is 0.558. The molecule has 1 N–H and O–H groups in total. The van der Waals surface area contributed by atoms with Crippen LogP contribution in [0.1, 0.15) is 24.6 Å². The zero-order chi connectivity index (χ0) is 20.0. The molecule has 1 atom stereocenters. The highest BCUT2D eigenvalue weighted by atomic mass is 19.1. The number of hydrogen-bond acceptors (Lipinski definition) is 5. The van der Waals surface area contributed by atoms with E-state index < -0.39 is 17.7 Å². The van der Waals surface area contributed by atoms with Gasteiger partial charge < -0.3 is 10.1 Å². The number of fused-ring (bicyclic) bond motifs is 1. The molecule has 1 aliphatic rings. The minimum Gasteiger partial charge on any atom is -0.377 e. The first-order chi connectivity index (χ1) is 14.1. The molecule has 4 heterocycles. The molecule has 1 fully saturated rings. The number of benzene rings is 1. The Hall–Kier alpha value is -3.33. The summed E-state index contributed by atoms with van der Waals surface area (Å²) in [7, 11) is 0. The number of halogens is 2. The number of nitrogens with one attached hydrogen (secondary N) is 1. The van der Waals surface area contributed by atoms with Gasteiger partial charge in [0.1, 0.15) is 17.5 Å². The first-order valence-corrected chi connectivity index (χ1v) is 9.26. The van der Waals surface area contributed by atoms with Crippen LogP contribution in [0.15, 0.2) is 49.1 Å². The lowest BCUT2D eigenvalue weighted by atomic mass is 10.1. The molecular formula is C20H18F2N6O. The Morgan fingerprint density at radius 2 is 2.03 bits per heavy atom. The van der Waals surface area contributed by atoms with E-state index >= 15 is 0 Å². The zero-order valence-electron chi connectivity index (χ0n) is 15.6. The molecular weight excluding hydrogens is 378 g/mol. The van der Waals surface area contributed by atoms with Crippen molar-refractivity contribution in [1.82, 2.24) is 24.4 Å². The average Bonchev–Trinajstić information content (AvgIpc) is 3.29. The lowest BCUT2D eigenvalue weighted by Gasteiger charge is -2.25. The lowest BCUT2D eigenvalue weighted by Crippen LogP contribution is -2.30. The van der Waals surface area contributed by atoms with Crippen molar-refractivity contribution in [2.24, 2.45) is 0 Å². The van der Waals surface area contributed by atoms with Crippen molar-refractivity contribution in [2.45, 2.75) is 19.0 Å². The Morgan fingerprint density at radius 3 is 2.83 bits per heavy atom. The van der Waals surface area contributed by atoms with E-state index in [0.717, 1.165) is 23.3 Å². The number of aromatic nitrogens is 5. The molecule has 1 aliphatic heterocycles. The van der Waals surface area contributed by atoms with Gasteiger partial charge in [-0.05, 0) is 31.2 Å². The molecule has 0 radical (unpaired) electrons. The van der Waals surface area contributed by atoms with Gasteiger partial charge in [0.2, 0.25) is 0 Å². The minimum absolute atomic E-state index is 0.240. The second-order valence-electron chi connectivity index (χ2n) is 7.07. The predicted molar refractivity (Wildman–Crippen MR) is 102 cm³/mol. The monoisotopic (exact) mass is 396 g/mol. The zero-order valence-corrected chi connectivity index (χ0v) is 15.6. The SMILES string of the molecule is C[C@@H](Nc1ccn2ncc(-c3cnn(C4COC4)c3)c2n1)c1cc(F)ccc1F. The van der Waals surface area contributed by atoms with E-state index in [9.17, 15) is 8.78 Å². The summed E-state index contributed by atoms with van der Waals surface area (Å²) in [6.07, 6.45) is 7.24. The molecule has 0 unspecified atom stereocenters. The van der Waals surface area contributed by atoms with Crippen molar-refractivity contribution in [3.63, 3.8) is 0 Å². The summed E-state index contributed by atoms with van der Waals surface area (Å²) >= 11 is 0. The maximum Gasteiger partial charge on any atom is 0.165 e. The molecule has 1 aromatic carbocycles. The van der Waals surface area contributed by atoms with E-state index in [-0.39, 0.29) is 11.6 Å². The smallest absolute Gasteiger partial charge is 0.165 e. The van der Waals surface area contributed by atoms with Gasteiger partial charge in [-0.2, -0.15) is 10.2 Å². The Labute approximate surface area is 164 Å². The third kappa shape index (κ3) is 3.23. The maximum absolute atomic E-state index is 14.1. The largest absolute Gasteiger partial charge is 0.377 e. The van der Waals surface area contributed by atoms with Crippen molar-refractivity contribution in [1.29, 1.82) is 0 Å². The van der Waals surface area contributed by atoms with Crippen LogP contribution in [0.4, 0.5) is 14.6 Å². The van der Waals surface area contributed by atoms with Gasteiger partial charge >= 0.3 is 0 Å². The Balaban J connectivity index is 1.44. The molecule has 0 aliphatic carbocycles. The third-order valence-corrected chi connectivity index (χ3v) is 5.07. The Bertz CT molecular complexity index is 1180. The highest BCUT2D eigenvalue weighted by Crippen LogP contribution is 2.27. The van der Waals surface area contributed by atoms with Crippen molar-refractivity contribution >= 4 is 11.5 Å². The number of nitrogens with zero attached hydrogens (tertiary/aromatic N) is 5. The molecule has 5 rings (SSSR count). The van der Waals surface area contributed by atoms with Crippen molar-refractivity contribution in [2.75, 3.05) is 18.5 Å². The molecule has 148 valence electrons. The highest BCUT2D eigenvalue weighted by Gasteiger charge is 2.22. The molecule has 0 amide bonds. The van der Waals surface area contributed by atoms with Gasteiger partial charge in [0.15, 0.2) is 5.65 Å². The molecule has 0 spiro atoms. The van der Waals surface area contributed by atoms with Crippen LogP contribution < -0.4 is 5.32 Å². The molecule has 0 bridgehead atoms. The molecule has 9 heteroatoms. The van der Waals surface area contributed by atoms with E-state index in [0.29, 0.717) is 24.7 Å². The summed E-state index contributed by atoms with van der Waals surface area (Å²) in [5.74, 6) is -0.412. The van der Waals surface area contributed by atoms with Gasteiger partial charge in [0.25, 0.3) is 0 Å². The normalized spacial score (nSPS) is 15.4. The van der Waals surface area contributed by atoms with Crippen LogP contribution in [0.25, 0.3) is 16.8 Å². The number of ether oxygens (including phenoxy) is 1. The second-order valence-corrected chi connectivity index (χ2v) is 7.07. The van der Waals surface area contributed by atoms with Gasteiger partial charge in [0.05, 0.1) is 37.7 Å². The number of hydrogen-bond donors (Lipinski definition) is 1. The topological polar surface area (TPSA) is 69.3 Å². The van der Waals surface area contributed by atoms with Gasteiger partial charge in [-0.3, -0.25) is 4.68 Å². The Kier molecular flexibility index (Phi) is 4.24. The summed E-state index contributed by atoms with van der Waals surface area (Å²) in [5, 5.41) is 11.9. The van der Waals surface area contributed by atoms with Gasteiger partial charge in [-0.25, -0.2) is 18.3 Å². The van der Waals surface area contributed by atoms with Crippen LogP contribution in [0.3, 0.4) is 0 Å². The molecule has 7 nitrogen and oxygen atoms in total. The first kappa shape index (κ1) is 17.7. The van der Waals surface area contributed by atoms with Crippen LogP contribution in [-0.2, 0) is 4.74 Å². The van der Waals surface area contributed by atoms with E-state index in [2.05, 4.69) is 20.5 Å². The van der Waals surface area contributed by atoms with E-state index in [1.807, 2.05) is 10.9 Å². The fourth-order valence-corrected chi connectivity index (χ4v) is 3.35. The molecule has 0 saturated carbocycles. The van der Waals surface area contributed by atoms with Crippen molar-refractivity contribution in [3.05, 3.63) is 66.3 Å².